The minimum atomic E-state index is -0.161. The third-order valence-electron chi connectivity index (χ3n) is 4.99. The number of amides is 2. The molecule has 154 valence electrons. The van der Waals surface area contributed by atoms with E-state index in [1.807, 2.05) is 55.1 Å². The minimum Gasteiger partial charge on any atom is -0.494 e. The van der Waals surface area contributed by atoms with Crippen LogP contribution in [0.15, 0.2) is 48.5 Å². The predicted octanol–water partition coefficient (Wildman–Crippen LogP) is 3.79. The van der Waals surface area contributed by atoms with Crippen molar-refractivity contribution in [1.82, 2.24) is 4.90 Å². The number of rotatable bonds is 7. The second-order valence-electron chi connectivity index (χ2n) is 7.10. The lowest BCUT2D eigenvalue weighted by Gasteiger charge is -2.36. The highest BCUT2D eigenvalue weighted by Crippen LogP contribution is 2.21. The zero-order valence-electron chi connectivity index (χ0n) is 17.2. The SMILES string of the molecule is CCCOc1cccc(C(=O)Nc2ccc(N3CCN(C(=O)CC)CC3)cc2)c1. The Hall–Kier alpha value is -3.02. The molecule has 0 saturated carbocycles. The summed E-state index contributed by atoms with van der Waals surface area (Å²) in [7, 11) is 0. The number of nitrogens with one attached hydrogen (secondary N) is 1. The molecule has 2 amide bonds. The molecule has 1 fully saturated rings. The molecule has 0 atom stereocenters. The maximum Gasteiger partial charge on any atom is 0.255 e. The second kappa shape index (κ2) is 9.96. The van der Waals surface area contributed by atoms with Gasteiger partial charge in [-0.05, 0) is 48.9 Å². The van der Waals surface area contributed by atoms with Gasteiger partial charge in [-0.25, -0.2) is 0 Å². The molecule has 6 nitrogen and oxygen atoms in total. The highest BCUT2D eigenvalue weighted by molar-refractivity contribution is 6.04. The van der Waals surface area contributed by atoms with Crippen molar-refractivity contribution < 1.29 is 14.3 Å². The number of piperazine rings is 1. The van der Waals surface area contributed by atoms with Gasteiger partial charge in [0.2, 0.25) is 5.91 Å². The molecule has 29 heavy (non-hydrogen) atoms. The highest BCUT2D eigenvalue weighted by atomic mass is 16.5. The summed E-state index contributed by atoms with van der Waals surface area (Å²) < 4.78 is 5.60. The molecule has 0 aromatic heterocycles. The summed E-state index contributed by atoms with van der Waals surface area (Å²) in [6.07, 6.45) is 1.48. The van der Waals surface area contributed by atoms with Crippen LogP contribution in [0.25, 0.3) is 0 Å². The molecule has 0 spiro atoms. The van der Waals surface area contributed by atoms with E-state index in [0.717, 1.165) is 44.0 Å². The van der Waals surface area contributed by atoms with Crippen LogP contribution in [-0.2, 0) is 4.79 Å². The number of hydrogen-bond donors (Lipinski definition) is 1. The Bertz CT molecular complexity index is 828. The lowest BCUT2D eigenvalue weighted by Crippen LogP contribution is -2.48. The quantitative estimate of drug-likeness (QED) is 0.775. The molecule has 0 radical (unpaired) electrons. The van der Waals surface area contributed by atoms with E-state index in [4.69, 9.17) is 4.74 Å². The monoisotopic (exact) mass is 395 g/mol. The van der Waals surface area contributed by atoms with Gasteiger partial charge in [0.25, 0.3) is 5.91 Å². The molecule has 2 aromatic rings. The van der Waals surface area contributed by atoms with Crippen molar-refractivity contribution >= 4 is 23.2 Å². The van der Waals surface area contributed by atoms with E-state index < -0.39 is 0 Å². The molecule has 3 rings (SSSR count). The maximum absolute atomic E-state index is 12.5. The van der Waals surface area contributed by atoms with Crippen LogP contribution in [-0.4, -0.2) is 49.5 Å². The van der Waals surface area contributed by atoms with Gasteiger partial charge in [0.1, 0.15) is 5.75 Å². The topological polar surface area (TPSA) is 61.9 Å². The van der Waals surface area contributed by atoms with Crippen LogP contribution in [0.5, 0.6) is 5.75 Å². The smallest absolute Gasteiger partial charge is 0.255 e. The summed E-state index contributed by atoms with van der Waals surface area (Å²) in [6.45, 7) is 7.72. The number of hydrogen-bond acceptors (Lipinski definition) is 4. The lowest BCUT2D eigenvalue weighted by atomic mass is 10.2. The molecule has 0 unspecified atom stereocenters. The van der Waals surface area contributed by atoms with E-state index in [1.54, 1.807) is 12.1 Å². The Morgan fingerprint density at radius 3 is 2.38 bits per heavy atom. The molecule has 1 heterocycles. The average Bonchev–Trinajstić information content (AvgIpc) is 2.78. The average molecular weight is 396 g/mol. The van der Waals surface area contributed by atoms with Gasteiger partial charge in [-0.3, -0.25) is 9.59 Å². The first-order valence-corrected chi connectivity index (χ1v) is 10.3. The molecule has 6 heteroatoms. The number of carbonyl (C=O) groups excluding carboxylic acids is 2. The number of carbonyl (C=O) groups is 2. The van der Waals surface area contributed by atoms with Crippen LogP contribution in [0, 0.1) is 0 Å². The largest absolute Gasteiger partial charge is 0.494 e. The first-order chi connectivity index (χ1) is 14.1. The molecular formula is C23H29N3O3. The number of benzene rings is 2. The van der Waals surface area contributed by atoms with Crippen molar-refractivity contribution in [2.75, 3.05) is 43.0 Å². The number of nitrogens with zero attached hydrogens (tertiary/aromatic N) is 2. The summed E-state index contributed by atoms with van der Waals surface area (Å²) in [5.41, 5.74) is 2.42. The van der Waals surface area contributed by atoms with E-state index in [2.05, 4.69) is 10.2 Å². The lowest BCUT2D eigenvalue weighted by molar-refractivity contribution is -0.131. The molecule has 1 aliphatic rings. The standard InChI is InChI=1S/C23H29N3O3/c1-3-16-29-21-7-5-6-18(17-21)23(28)24-19-8-10-20(11-9-19)25-12-14-26(15-13-25)22(27)4-2/h5-11,17H,3-4,12-16H2,1-2H3,(H,24,28). The van der Waals surface area contributed by atoms with Crippen molar-refractivity contribution in [2.24, 2.45) is 0 Å². The van der Waals surface area contributed by atoms with E-state index in [0.29, 0.717) is 24.3 Å². The van der Waals surface area contributed by atoms with Gasteiger partial charge in [0, 0.05) is 49.5 Å². The molecular weight excluding hydrogens is 366 g/mol. The zero-order chi connectivity index (χ0) is 20.6. The van der Waals surface area contributed by atoms with Gasteiger partial charge in [-0.15, -0.1) is 0 Å². The van der Waals surface area contributed by atoms with Crippen molar-refractivity contribution in [3.63, 3.8) is 0 Å². The van der Waals surface area contributed by atoms with Crippen molar-refractivity contribution in [3.8, 4) is 5.75 Å². The van der Waals surface area contributed by atoms with Crippen LogP contribution in [0.1, 0.15) is 37.0 Å². The first-order valence-electron chi connectivity index (χ1n) is 10.3. The fourth-order valence-corrected chi connectivity index (χ4v) is 3.34. The fraction of sp³-hybridized carbons (Fsp3) is 0.391. The number of anilines is 2. The van der Waals surface area contributed by atoms with Crippen LogP contribution in [0.3, 0.4) is 0 Å². The first kappa shape index (κ1) is 20.7. The maximum atomic E-state index is 12.5. The van der Waals surface area contributed by atoms with Gasteiger partial charge in [-0.2, -0.15) is 0 Å². The molecule has 1 N–H and O–H groups in total. The normalized spacial score (nSPS) is 13.9. The molecule has 2 aromatic carbocycles. The van der Waals surface area contributed by atoms with Gasteiger partial charge < -0.3 is 19.9 Å². The highest BCUT2D eigenvalue weighted by Gasteiger charge is 2.20. The summed E-state index contributed by atoms with van der Waals surface area (Å²) >= 11 is 0. The van der Waals surface area contributed by atoms with Crippen LogP contribution in [0.2, 0.25) is 0 Å². The second-order valence-corrected chi connectivity index (χ2v) is 7.10. The summed E-state index contributed by atoms with van der Waals surface area (Å²) in [6, 6.07) is 15.1. The Balaban J connectivity index is 1.57. The van der Waals surface area contributed by atoms with Gasteiger partial charge in [0.15, 0.2) is 0 Å². The Morgan fingerprint density at radius 1 is 1.00 bits per heavy atom. The number of ether oxygens (including phenoxy) is 1. The molecule has 1 aliphatic heterocycles. The van der Waals surface area contributed by atoms with E-state index in [9.17, 15) is 9.59 Å². The van der Waals surface area contributed by atoms with Crippen LogP contribution < -0.4 is 15.0 Å². The van der Waals surface area contributed by atoms with E-state index in [1.165, 1.54) is 0 Å². The van der Waals surface area contributed by atoms with Crippen molar-refractivity contribution in [1.29, 1.82) is 0 Å². The summed E-state index contributed by atoms with van der Waals surface area (Å²) in [5.74, 6) is 0.758. The minimum absolute atomic E-state index is 0.161. The zero-order valence-corrected chi connectivity index (χ0v) is 17.2. The van der Waals surface area contributed by atoms with Gasteiger partial charge >= 0.3 is 0 Å². The predicted molar refractivity (Wildman–Crippen MR) is 116 cm³/mol. The van der Waals surface area contributed by atoms with Gasteiger partial charge in [0.05, 0.1) is 6.61 Å². The van der Waals surface area contributed by atoms with Gasteiger partial charge in [-0.1, -0.05) is 19.9 Å². The summed E-state index contributed by atoms with van der Waals surface area (Å²) in [4.78, 5) is 28.5. The molecule has 0 bridgehead atoms. The van der Waals surface area contributed by atoms with Crippen molar-refractivity contribution in [2.45, 2.75) is 26.7 Å². The van der Waals surface area contributed by atoms with Crippen LogP contribution >= 0.6 is 0 Å². The Labute approximate surface area is 172 Å². The van der Waals surface area contributed by atoms with E-state index in [-0.39, 0.29) is 11.8 Å². The third-order valence-corrected chi connectivity index (χ3v) is 4.99. The molecule has 0 aliphatic carbocycles. The third kappa shape index (κ3) is 5.50. The molecule has 1 saturated heterocycles. The Morgan fingerprint density at radius 2 is 1.72 bits per heavy atom. The van der Waals surface area contributed by atoms with Crippen molar-refractivity contribution in [3.05, 3.63) is 54.1 Å². The Kier molecular flexibility index (Phi) is 7.11. The van der Waals surface area contributed by atoms with Crippen LogP contribution in [0.4, 0.5) is 11.4 Å². The summed E-state index contributed by atoms with van der Waals surface area (Å²) in [5, 5.41) is 2.94. The fourth-order valence-electron chi connectivity index (χ4n) is 3.34. The van der Waals surface area contributed by atoms with E-state index >= 15 is 0 Å².